The third-order valence-corrected chi connectivity index (χ3v) is 8.49. The monoisotopic (exact) mass is 592 g/mol. The quantitative estimate of drug-likeness (QED) is 0.330. The first-order chi connectivity index (χ1) is 20.3. The summed E-state index contributed by atoms with van der Waals surface area (Å²) in [6.45, 7) is 5.27. The maximum Gasteiger partial charge on any atom is 0.415 e. The van der Waals surface area contributed by atoms with Crippen molar-refractivity contribution >= 4 is 29.3 Å². The molecule has 3 aromatic rings. The molecule has 1 amide bonds. The minimum absolute atomic E-state index is 0.0352. The molecule has 5 rings (SSSR count). The van der Waals surface area contributed by atoms with Gasteiger partial charge < -0.3 is 20.3 Å². The Morgan fingerprint density at radius 2 is 1.88 bits per heavy atom. The summed E-state index contributed by atoms with van der Waals surface area (Å²) in [5, 5.41) is 7.05. The summed E-state index contributed by atoms with van der Waals surface area (Å²) in [5.41, 5.74) is 2.38. The van der Waals surface area contributed by atoms with Gasteiger partial charge in [0, 0.05) is 48.8 Å². The van der Waals surface area contributed by atoms with E-state index in [-0.39, 0.29) is 46.3 Å². The molecule has 8 nitrogen and oxygen atoms in total. The van der Waals surface area contributed by atoms with Gasteiger partial charge in [-0.1, -0.05) is 17.7 Å². The molecular weight excluding hydrogens is 559 g/mol. The van der Waals surface area contributed by atoms with Crippen molar-refractivity contribution in [3.05, 3.63) is 94.0 Å². The zero-order valence-electron chi connectivity index (χ0n) is 23.6. The highest BCUT2D eigenvalue weighted by Crippen LogP contribution is 2.37. The average Bonchev–Trinajstić information content (AvgIpc) is 3.47. The van der Waals surface area contributed by atoms with Crippen LogP contribution >= 0.6 is 11.6 Å². The second kappa shape index (κ2) is 13.1. The number of halogens is 2. The van der Waals surface area contributed by atoms with Crippen molar-refractivity contribution in [1.29, 1.82) is 0 Å². The number of benzene rings is 2. The molecular formula is C32H34ClFN4O4. The molecule has 42 heavy (non-hydrogen) atoms. The van der Waals surface area contributed by atoms with Crippen LogP contribution in [0.3, 0.4) is 0 Å². The van der Waals surface area contributed by atoms with Gasteiger partial charge in [-0.05, 0) is 87.3 Å². The van der Waals surface area contributed by atoms with E-state index in [1.54, 1.807) is 23.2 Å². The first-order valence-electron chi connectivity index (χ1n) is 14.2. The first kappa shape index (κ1) is 29.8. The molecule has 2 aromatic carbocycles. The predicted octanol–water partition coefficient (Wildman–Crippen LogP) is 5.58. The normalized spacial score (nSPS) is 22.0. The fraction of sp³-hybridized carbons (Fsp3) is 0.375. The van der Waals surface area contributed by atoms with Gasteiger partial charge in [-0.2, -0.15) is 0 Å². The van der Waals surface area contributed by atoms with Gasteiger partial charge in [0.2, 0.25) is 0 Å². The summed E-state index contributed by atoms with van der Waals surface area (Å²) in [6, 6.07) is 13.9. The van der Waals surface area contributed by atoms with Crippen molar-refractivity contribution in [2.24, 2.45) is 5.92 Å². The number of ether oxygens (including phenoxy) is 1. The third-order valence-electron chi connectivity index (χ3n) is 8.18. The Hall–Kier alpha value is -3.66. The summed E-state index contributed by atoms with van der Waals surface area (Å²) in [7, 11) is 0. The number of nitrogens with one attached hydrogen (secondary N) is 2. The SMILES string of the molecule is CCN(C(=O)Oc1ccc(F)cc1)[C@@H]1CNC[C@H]1c1cc(C(C)=O)c(Cl)cc1C(=O)C1CCNC(c2ccccn2)C1. The summed E-state index contributed by atoms with van der Waals surface area (Å²) >= 11 is 6.57. The van der Waals surface area contributed by atoms with Crippen molar-refractivity contribution < 1.29 is 23.5 Å². The number of Topliss-reactive ketones (excluding diaryl/α,β-unsaturated/α-hetero) is 2. The molecule has 1 aromatic heterocycles. The van der Waals surface area contributed by atoms with Gasteiger partial charge in [0.05, 0.1) is 22.8 Å². The van der Waals surface area contributed by atoms with Crippen LogP contribution in [0.1, 0.15) is 70.6 Å². The number of aromatic nitrogens is 1. The molecule has 4 atom stereocenters. The number of piperidine rings is 1. The Morgan fingerprint density at radius 3 is 2.57 bits per heavy atom. The summed E-state index contributed by atoms with van der Waals surface area (Å²) in [4.78, 5) is 46.1. The van der Waals surface area contributed by atoms with Crippen LogP contribution in [0, 0.1) is 11.7 Å². The fourth-order valence-corrected chi connectivity index (χ4v) is 6.33. The number of ketones is 2. The number of likely N-dealkylation sites (N-methyl/N-ethyl adjacent to an activating group) is 1. The lowest BCUT2D eigenvalue weighted by Crippen LogP contribution is -2.45. The fourth-order valence-electron chi connectivity index (χ4n) is 6.03. The molecule has 0 aliphatic carbocycles. The van der Waals surface area contributed by atoms with E-state index in [9.17, 15) is 18.8 Å². The highest BCUT2D eigenvalue weighted by Gasteiger charge is 2.39. The molecule has 2 unspecified atom stereocenters. The number of amides is 1. The standard InChI is InChI=1S/C32H34ClFN4O4/c1-3-38(32(41)42-22-9-7-21(34)8-10-22)30-18-35-17-26(30)24-15-23(19(2)39)27(33)16-25(24)31(40)20-11-13-37-29(14-20)28-6-4-5-12-36-28/h4-10,12,15-16,20,26,29-30,35,37H,3,11,13-14,17-18H2,1-2H3/t20?,26-,29?,30+/m0/s1. The molecule has 220 valence electrons. The van der Waals surface area contributed by atoms with Gasteiger partial charge in [-0.3, -0.25) is 14.6 Å². The molecule has 2 fully saturated rings. The van der Waals surface area contributed by atoms with Crippen LogP contribution in [-0.4, -0.2) is 59.8 Å². The van der Waals surface area contributed by atoms with Crippen molar-refractivity contribution in [2.45, 2.75) is 44.7 Å². The second-order valence-electron chi connectivity index (χ2n) is 10.8. The maximum absolute atomic E-state index is 14.2. The minimum atomic E-state index is -0.576. The Balaban J connectivity index is 1.46. The molecule has 0 bridgehead atoms. The van der Waals surface area contributed by atoms with E-state index in [4.69, 9.17) is 16.3 Å². The molecule has 0 radical (unpaired) electrons. The second-order valence-corrected chi connectivity index (χ2v) is 11.2. The van der Waals surface area contributed by atoms with Gasteiger partial charge >= 0.3 is 6.09 Å². The zero-order valence-corrected chi connectivity index (χ0v) is 24.4. The maximum atomic E-state index is 14.2. The van der Waals surface area contributed by atoms with E-state index in [0.717, 1.165) is 5.69 Å². The zero-order chi connectivity index (χ0) is 29.8. The largest absolute Gasteiger partial charge is 0.415 e. The van der Waals surface area contributed by atoms with Crippen LogP contribution in [-0.2, 0) is 0 Å². The number of hydrogen-bond donors (Lipinski definition) is 2. The smallest absolute Gasteiger partial charge is 0.410 e. The Bertz CT molecular complexity index is 1450. The lowest BCUT2D eigenvalue weighted by atomic mass is 9.80. The Labute approximate surface area is 249 Å². The summed E-state index contributed by atoms with van der Waals surface area (Å²) in [6.07, 6.45) is 2.41. The van der Waals surface area contributed by atoms with E-state index < -0.39 is 11.9 Å². The van der Waals surface area contributed by atoms with E-state index in [1.807, 2.05) is 25.1 Å². The van der Waals surface area contributed by atoms with Gasteiger partial charge in [0.1, 0.15) is 11.6 Å². The molecule has 10 heteroatoms. The molecule has 2 aliphatic heterocycles. The lowest BCUT2D eigenvalue weighted by Gasteiger charge is -2.33. The van der Waals surface area contributed by atoms with E-state index in [0.29, 0.717) is 55.7 Å². The van der Waals surface area contributed by atoms with Crippen LogP contribution in [0.2, 0.25) is 5.02 Å². The summed E-state index contributed by atoms with van der Waals surface area (Å²) in [5.74, 6) is -1.00. The van der Waals surface area contributed by atoms with Crippen LogP contribution < -0.4 is 15.4 Å². The Kier molecular flexibility index (Phi) is 9.30. The molecule has 3 heterocycles. The number of pyridine rings is 1. The highest BCUT2D eigenvalue weighted by atomic mass is 35.5. The topological polar surface area (TPSA) is 101 Å². The van der Waals surface area contributed by atoms with Crippen LogP contribution in [0.15, 0.2) is 60.8 Å². The van der Waals surface area contributed by atoms with Gasteiger partial charge in [-0.15, -0.1) is 0 Å². The van der Waals surface area contributed by atoms with Crippen LogP contribution in [0.4, 0.5) is 9.18 Å². The van der Waals surface area contributed by atoms with Crippen LogP contribution in [0.25, 0.3) is 0 Å². The van der Waals surface area contributed by atoms with E-state index in [1.165, 1.54) is 31.2 Å². The molecule has 0 spiro atoms. The molecule has 2 aliphatic rings. The highest BCUT2D eigenvalue weighted by molar-refractivity contribution is 6.34. The van der Waals surface area contributed by atoms with E-state index >= 15 is 0 Å². The number of nitrogens with zero attached hydrogens (tertiary/aromatic N) is 2. The Morgan fingerprint density at radius 1 is 1.10 bits per heavy atom. The summed E-state index contributed by atoms with van der Waals surface area (Å²) < 4.78 is 18.9. The molecule has 2 N–H and O–H groups in total. The van der Waals surface area contributed by atoms with Crippen LogP contribution in [0.5, 0.6) is 5.75 Å². The lowest BCUT2D eigenvalue weighted by molar-refractivity contribution is 0.0874. The van der Waals surface area contributed by atoms with Crippen molar-refractivity contribution in [1.82, 2.24) is 20.5 Å². The average molecular weight is 593 g/mol. The van der Waals surface area contributed by atoms with Crippen molar-refractivity contribution in [2.75, 3.05) is 26.2 Å². The minimum Gasteiger partial charge on any atom is -0.410 e. The molecule has 0 saturated carbocycles. The first-order valence-corrected chi connectivity index (χ1v) is 14.6. The number of hydrogen-bond acceptors (Lipinski definition) is 7. The van der Waals surface area contributed by atoms with Crippen molar-refractivity contribution in [3.63, 3.8) is 0 Å². The third kappa shape index (κ3) is 6.38. The van der Waals surface area contributed by atoms with Gasteiger partial charge in [0.15, 0.2) is 11.6 Å². The van der Waals surface area contributed by atoms with Gasteiger partial charge in [0.25, 0.3) is 0 Å². The number of carbonyl (C=O) groups is 3. The predicted molar refractivity (Wildman–Crippen MR) is 158 cm³/mol. The molecule has 2 saturated heterocycles. The van der Waals surface area contributed by atoms with Gasteiger partial charge in [-0.25, -0.2) is 9.18 Å². The number of carbonyl (C=O) groups excluding carboxylic acids is 3. The van der Waals surface area contributed by atoms with Crippen molar-refractivity contribution in [3.8, 4) is 5.75 Å². The van der Waals surface area contributed by atoms with E-state index in [2.05, 4.69) is 15.6 Å². The number of rotatable bonds is 8.